The Morgan fingerprint density at radius 3 is 2.56 bits per heavy atom. The van der Waals surface area contributed by atoms with Crippen LogP contribution in [-0.2, 0) is 16.1 Å². The van der Waals surface area contributed by atoms with Crippen LogP contribution in [0.3, 0.4) is 0 Å². The standard InChI is InChI=1S/C25H24FN5O3/c26-22-10-4-18(5-11-22)16-30-17-23(27-28-30)20-8-6-19(7-9-20)21-12-13-31(24(32)15-21)29-34-25-3-1-2-14-33-25/h4-13,15,17,25,29H,1-3,14,16H2. The summed E-state index contributed by atoms with van der Waals surface area (Å²) in [7, 11) is 0. The van der Waals surface area contributed by atoms with Gasteiger partial charge in [-0.05, 0) is 47.7 Å². The fourth-order valence-electron chi connectivity index (χ4n) is 3.77. The Kier molecular flexibility index (Phi) is 6.46. The molecule has 0 amide bonds. The summed E-state index contributed by atoms with van der Waals surface area (Å²) in [6, 6.07) is 17.5. The maximum Gasteiger partial charge on any atom is 0.271 e. The Bertz CT molecular complexity index is 1300. The summed E-state index contributed by atoms with van der Waals surface area (Å²) in [4.78, 5) is 17.9. The van der Waals surface area contributed by atoms with Gasteiger partial charge in [0.15, 0.2) is 6.29 Å². The second kappa shape index (κ2) is 9.98. The molecule has 174 valence electrons. The molecule has 9 heteroatoms. The summed E-state index contributed by atoms with van der Waals surface area (Å²) in [6.07, 6.45) is 6.01. The number of nitrogens with zero attached hydrogens (tertiary/aromatic N) is 4. The topological polar surface area (TPSA) is 83.2 Å². The summed E-state index contributed by atoms with van der Waals surface area (Å²) in [5.41, 5.74) is 6.70. The molecule has 2 aromatic heterocycles. The van der Waals surface area contributed by atoms with Crippen LogP contribution in [0.2, 0.25) is 0 Å². The van der Waals surface area contributed by atoms with Gasteiger partial charge in [-0.2, -0.15) is 5.59 Å². The molecule has 3 heterocycles. The molecule has 0 aliphatic carbocycles. The summed E-state index contributed by atoms with van der Waals surface area (Å²) < 4.78 is 21.6. The van der Waals surface area contributed by atoms with Crippen molar-refractivity contribution in [1.29, 1.82) is 0 Å². The average Bonchev–Trinajstić information content (AvgIpc) is 3.34. The number of hydrogen-bond acceptors (Lipinski definition) is 6. The number of hydrogen-bond donors (Lipinski definition) is 1. The lowest BCUT2D eigenvalue weighted by Gasteiger charge is -2.22. The third-order valence-corrected chi connectivity index (χ3v) is 5.65. The SMILES string of the molecule is O=c1cc(-c2ccc(-c3cn(Cc4ccc(F)cc4)nn3)cc2)ccn1NOC1CCCCO1. The molecule has 1 aliphatic heterocycles. The minimum Gasteiger partial charge on any atom is -0.350 e. The van der Waals surface area contributed by atoms with E-state index in [1.165, 1.54) is 16.8 Å². The van der Waals surface area contributed by atoms with Gasteiger partial charge in [-0.3, -0.25) is 4.79 Å². The van der Waals surface area contributed by atoms with Crippen LogP contribution in [0.5, 0.6) is 0 Å². The summed E-state index contributed by atoms with van der Waals surface area (Å²) in [5.74, 6) is -0.265. The fraction of sp³-hybridized carbons (Fsp3) is 0.240. The first kappa shape index (κ1) is 22.0. The Morgan fingerprint density at radius 1 is 1.03 bits per heavy atom. The maximum absolute atomic E-state index is 13.1. The van der Waals surface area contributed by atoms with Gasteiger partial charge in [-0.15, -0.1) is 5.10 Å². The molecule has 1 saturated heterocycles. The molecule has 1 fully saturated rings. The molecule has 1 N–H and O–H groups in total. The van der Waals surface area contributed by atoms with Crippen molar-refractivity contribution in [2.24, 2.45) is 0 Å². The van der Waals surface area contributed by atoms with E-state index in [0.29, 0.717) is 13.2 Å². The third kappa shape index (κ3) is 5.22. The fourth-order valence-corrected chi connectivity index (χ4v) is 3.77. The van der Waals surface area contributed by atoms with Gasteiger partial charge in [0.2, 0.25) is 0 Å². The van der Waals surface area contributed by atoms with Gasteiger partial charge in [-0.1, -0.05) is 41.6 Å². The average molecular weight is 461 g/mol. The Labute approximate surface area is 195 Å². The number of pyridine rings is 1. The van der Waals surface area contributed by atoms with Gasteiger partial charge in [0.25, 0.3) is 5.56 Å². The van der Waals surface area contributed by atoms with E-state index in [4.69, 9.17) is 9.57 Å². The van der Waals surface area contributed by atoms with E-state index in [9.17, 15) is 9.18 Å². The van der Waals surface area contributed by atoms with Gasteiger partial charge in [0.1, 0.15) is 11.5 Å². The van der Waals surface area contributed by atoms with Gasteiger partial charge in [0, 0.05) is 30.9 Å². The number of ether oxygens (including phenoxy) is 1. The molecule has 1 unspecified atom stereocenters. The minimum absolute atomic E-state index is 0.235. The van der Waals surface area contributed by atoms with Crippen LogP contribution in [0.1, 0.15) is 24.8 Å². The van der Waals surface area contributed by atoms with Crippen LogP contribution in [-0.4, -0.2) is 32.6 Å². The Balaban J connectivity index is 1.24. The number of rotatable bonds is 7. The van der Waals surface area contributed by atoms with E-state index < -0.39 is 0 Å². The zero-order valence-electron chi connectivity index (χ0n) is 18.4. The highest BCUT2D eigenvalue weighted by atomic mass is 19.1. The highest BCUT2D eigenvalue weighted by Crippen LogP contribution is 2.23. The smallest absolute Gasteiger partial charge is 0.271 e. The first-order valence-corrected chi connectivity index (χ1v) is 11.2. The molecule has 0 spiro atoms. The van der Waals surface area contributed by atoms with Crippen molar-refractivity contribution in [2.75, 3.05) is 12.2 Å². The van der Waals surface area contributed by atoms with Crippen LogP contribution < -0.4 is 11.1 Å². The monoisotopic (exact) mass is 461 g/mol. The van der Waals surface area contributed by atoms with E-state index in [1.54, 1.807) is 29.1 Å². The lowest BCUT2D eigenvalue weighted by atomic mass is 10.0. The molecule has 34 heavy (non-hydrogen) atoms. The Morgan fingerprint density at radius 2 is 1.82 bits per heavy atom. The molecule has 5 rings (SSSR count). The highest BCUT2D eigenvalue weighted by Gasteiger charge is 2.14. The van der Waals surface area contributed by atoms with Crippen LogP contribution in [0.25, 0.3) is 22.4 Å². The van der Waals surface area contributed by atoms with Crippen molar-refractivity contribution in [1.82, 2.24) is 19.7 Å². The zero-order chi connectivity index (χ0) is 23.3. The van der Waals surface area contributed by atoms with Crippen LogP contribution >= 0.6 is 0 Å². The van der Waals surface area contributed by atoms with Crippen molar-refractivity contribution in [3.05, 3.63) is 94.8 Å². The second-order valence-corrected chi connectivity index (χ2v) is 8.13. The van der Waals surface area contributed by atoms with Crippen molar-refractivity contribution >= 4 is 0 Å². The first-order valence-electron chi connectivity index (χ1n) is 11.2. The number of aromatic nitrogens is 4. The van der Waals surface area contributed by atoms with E-state index >= 15 is 0 Å². The zero-order valence-corrected chi connectivity index (χ0v) is 18.4. The molecule has 0 bridgehead atoms. The van der Waals surface area contributed by atoms with Crippen molar-refractivity contribution in [2.45, 2.75) is 32.1 Å². The van der Waals surface area contributed by atoms with Crippen LogP contribution in [0.15, 0.2) is 77.9 Å². The maximum atomic E-state index is 13.1. The lowest BCUT2D eigenvalue weighted by Crippen LogP contribution is -2.33. The summed E-state index contributed by atoms with van der Waals surface area (Å²) in [6.45, 7) is 1.17. The van der Waals surface area contributed by atoms with Gasteiger partial charge < -0.3 is 4.74 Å². The predicted molar refractivity (Wildman–Crippen MR) is 125 cm³/mol. The highest BCUT2D eigenvalue weighted by molar-refractivity contribution is 5.68. The van der Waals surface area contributed by atoms with Gasteiger partial charge in [0.05, 0.1) is 12.7 Å². The summed E-state index contributed by atoms with van der Waals surface area (Å²) >= 11 is 0. The van der Waals surface area contributed by atoms with Crippen molar-refractivity contribution in [3.63, 3.8) is 0 Å². The van der Waals surface area contributed by atoms with Crippen LogP contribution in [0, 0.1) is 5.82 Å². The van der Waals surface area contributed by atoms with Gasteiger partial charge >= 0.3 is 0 Å². The number of nitrogens with one attached hydrogen (secondary N) is 1. The first-order chi connectivity index (χ1) is 16.6. The van der Waals surface area contributed by atoms with E-state index in [1.807, 2.05) is 36.5 Å². The van der Waals surface area contributed by atoms with E-state index in [-0.39, 0.29) is 17.7 Å². The molecule has 2 aromatic carbocycles. The van der Waals surface area contributed by atoms with Crippen molar-refractivity contribution < 1.29 is 14.0 Å². The van der Waals surface area contributed by atoms with E-state index in [0.717, 1.165) is 47.2 Å². The molecular weight excluding hydrogens is 437 g/mol. The van der Waals surface area contributed by atoms with E-state index in [2.05, 4.69) is 15.9 Å². The molecule has 1 aliphatic rings. The largest absolute Gasteiger partial charge is 0.350 e. The molecular formula is C25H24FN5O3. The number of halogens is 1. The van der Waals surface area contributed by atoms with Crippen molar-refractivity contribution in [3.8, 4) is 22.4 Å². The molecule has 1 atom stereocenters. The quantitative estimate of drug-likeness (QED) is 0.420. The molecule has 8 nitrogen and oxygen atoms in total. The second-order valence-electron chi connectivity index (χ2n) is 8.13. The predicted octanol–water partition coefficient (Wildman–Crippen LogP) is 3.96. The third-order valence-electron chi connectivity index (χ3n) is 5.65. The summed E-state index contributed by atoms with van der Waals surface area (Å²) in [5, 5.41) is 8.40. The minimum atomic E-state index is -0.346. The molecule has 0 radical (unpaired) electrons. The lowest BCUT2D eigenvalue weighted by molar-refractivity contribution is -0.154. The van der Waals surface area contributed by atoms with Crippen LogP contribution in [0.4, 0.5) is 4.39 Å². The number of benzene rings is 2. The normalized spacial score (nSPS) is 15.9. The Hall–Kier alpha value is -3.82. The molecule has 0 saturated carbocycles. The molecule has 4 aromatic rings. The van der Waals surface area contributed by atoms with Gasteiger partial charge in [-0.25, -0.2) is 18.6 Å².